The molecule has 1 N–H and O–H groups in total. The number of hydrogen-bond acceptors (Lipinski definition) is 2. The van der Waals surface area contributed by atoms with Crippen molar-refractivity contribution in [3.05, 3.63) is 64.3 Å². The van der Waals surface area contributed by atoms with Crippen LogP contribution in [0.3, 0.4) is 0 Å². The van der Waals surface area contributed by atoms with Crippen LogP contribution in [0.1, 0.15) is 34.9 Å². The molecule has 29 heavy (non-hydrogen) atoms. The van der Waals surface area contributed by atoms with Crippen molar-refractivity contribution < 1.29 is 27.8 Å². The minimum Gasteiger partial charge on any atom is -0.496 e. The summed E-state index contributed by atoms with van der Waals surface area (Å²) in [7, 11) is 1.56. The average molecular weight is 405 g/mol. The third kappa shape index (κ3) is 3.95. The molecule has 0 aliphatic heterocycles. The Kier molecular flexibility index (Phi) is 5.59. The number of aliphatic carboxylic acids is 1. The van der Waals surface area contributed by atoms with Gasteiger partial charge in [-0.05, 0) is 48.7 Å². The molecule has 0 bridgehead atoms. The quantitative estimate of drug-likeness (QED) is 0.612. The molecule has 0 atom stereocenters. The molecule has 0 spiro atoms. The van der Waals surface area contributed by atoms with E-state index in [1.165, 1.54) is 6.07 Å². The molecule has 4 nitrogen and oxygen atoms in total. The molecule has 0 aliphatic rings. The van der Waals surface area contributed by atoms with Crippen LogP contribution in [0, 0.1) is 6.92 Å². The van der Waals surface area contributed by atoms with Crippen molar-refractivity contribution in [1.29, 1.82) is 0 Å². The smallest absolute Gasteiger partial charge is 0.416 e. The monoisotopic (exact) mass is 405 g/mol. The number of carboxylic acid groups (broad SMARTS) is 1. The molecule has 1 aromatic heterocycles. The number of nitrogens with zero attached hydrogens (tertiary/aromatic N) is 1. The largest absolute Gasteiger partial charge is 0.496 e. The van der Waals surface area contributed by atoms with E-state index in [-0.39, 0.29) is 13.0 Å². The Morgan fingerprint density at radius 3 is 2.48 bits per heavy atom. The molecule has 0 aliphatic carbocycles. The van der Waals surface area contributed by atoms with E-state index in [2.05, 4.69) is 0 Å². The first-order valence-corrected chi connectivity index (χ1v) is 9.22. The van der Waals surface area contributed by atoms with Crippen molar-refractivity contribution in [3.8, 4) is 5.75 Å². The first-order chi connectivity index (χ1) is 13.7. The fourth-order valence-electron chi connectivity index (χ4n) is 3.84. The highest BCUT2D eigenvalue weighted by Gasteiger charge is 2.30. The fraction of sp³-hybridized carbons (Fsp3) is 0.318. The molecule has 0 saturated heterocycles. The molecule has 7 heteroatoms. The predicted octanol–water partition coefficient (Wildman–Crippen LogP) is 5.21. The van der Waals surface area contributed by atoms with Gasteiger partial charge in [-0.25, -0.2) is 0 Å². The second-order valence-corrected chi connectivity index (χ2v) is 6.91. The highest BCUT2D eigenvalue weighted by Crippen LogP contribution is 2.36. The number of rotatable bonds is 6. The lowest BCUT2D eigenvalue weighted by Gasteiger charge is -2.13. The number of ether oxygens (including phenoxy) is 1. The molecule has 0 amide bonds. The number of halogens is 3. The molecule has 2 aromatic carbocycles. The summed E-state index contributed by atoms with van der Waals surface area (Å²) in [5.41, 5.74) is 2.86. The highest BCUT2D eigenvalue weighted by molar-refractivity contribution is 5.93. The summed E-state index contributed by atoms with van der Waals surface area (Å²) >= 11 is 0. The van der Waals surface area contributed by atoms with Crippen LogP contribution in [-0.4, -0.2) is 22.8 Å². The number of carboxylic acids is 1. The van der Waals surface area contributed by atoms with E-state index in [0.29, 0.717) is 23.3 Å². The topological polar surface area (TPSA) is 51.5 Å². The van der Waals surface area contributed by atoms with Crippen LogP contribution in [-0.2, 0) is 30.4 Å². The van der Waals surface area contributed by atoms with Gasteiger partial charge in [-0.1, -0.05) is 19.1 Å². The van der Waals surface area contributed by atoms with Gasteiger partial charge in [-0.15, -0.1) is 0 Å². The SMILES string of the molecule is CCc1c(OC)ccc2c1c(CC(=O)O)c(C)n2Cc1cccc(C(F)(F)F)c1. The Balaban J connectivity index is 2.21. The van der Waals surface area contributed by atoms with Crippen molar-refractivity contribution in [2.24, 2.45) is 0 Å². The molecule has 0 radical (unpaired) electrons. The summed E-state index contributed by atoms with van der Waals surface area (Å²) in [5.74, 6) is -0.293. The maximum absolute atomic E-state index is 13.1. The lowest BCUT2D eigenvalue weighted by atomic mass is 10.00. The summed E-state index contributed by atoms with van der Waals surface area (Å²) in [6, 6.07) is 8.85. The van der Waals surface area contributed by atoms with Crippen LogP contribution < -0.4 is 4.74 Å². The van der Waals surface area contributed by atoms with E-state index in [0.717, 1.165) is 34.3 Å². The number of aryl methyl sites for hydroxylation is 1. The van der Waals surface area contributed by atoms with Crippen LogP contribution in [0.4, 0.5) is 13.2 Å². The van der Waals surface area contributed by atoms with Crippen molar-refractivity contribution >= 4 is 16.9 Å². The van der Waals surface area contributed by atoms with Gasteiger partial charge in [0.2, 0.25) is 0 Å². The molecular weight excluding hydrogens is 383 g/mol. The summed E-state index contributed by atoms with van der Waals surface area (Å²) in [4.78, 5) is 11.5. The highest BCUT2D eigenvalue weighted by atomic mass is 19.4. The number of benzene rings is 2. The molecule has 0 unspecified atom stereocenters. The first kappa shape index (κ1) is 20.8. The first-order valence-electron chi connectivity index (χ1n) is 9.22. The van der Waals surface area contributed by atoms with Gasteiger partial charge >= 0.3 is 12.1 Å². The summed E-state index contributed by atoms with van der Waals surface area (Å²) < 4.78 is 46.6. The minimum atomic E-state index is -4.42. The Morgan fingerprint density at radius 1 is 1.17 bits per heavy atom. The second kappa shape index (κ2) is 7.81. The molecule has 1 heterocycles. The van der Waals surface area contributed by atoms with Gasteiger partial charge in [-0.3, -0.25) is 4.79 Å². The fourth-order valence-corrected chi connectivity index (χ4v) is 3.84. The van der Waals surface area contributed by atoms with Crippen molar-refractivity contribution in [2.75, 3.05) is 7.11 Å². The normalized spacial score (nSPS) is 11.8. The summed E-state index contributed by atoms with van der Waals surface area (Å²) in [5, 5.41) is 10.2. The summed E-state index contributed by atoms with van der Waals surface area (Å²) in [6.45, 7) is 3.97. The number of fused-ring (bicyclic) bond motifs is 1. The van der Waals surface area contributed by atoms with Gasteiger partial charge < -0.3 is 14.4 Å². The maximum atomic E-state index is 13.1. The third-order valence-electron chi connectivity index (χ3n) is 5.18. The van der Waals surface area contributed by atoms with Crippen LogP contribution in [0.5, 0.6) is 5.75 Å². The maximum Gasteiger partial charge on any atom is 0.416 e. The molecule has 3 aromatic rings. The Labute approximate surface area is 166 Å². The zero-order chi connectivity index (χ0) is 21.3. The van der Waals surface area contributed by atoms with E-state index in [1.54, 1.807) is 20.1 Å². The van der Waals surface area contributed by atoms with E-state index >= 15 is 0 Å². The standard InChI is InChI=1S/C22H22F3NO3/c1-4-16-19(29-3)9-8-18-21(16)17(11-20(27)28)13(2)26(18)12-14-6-5-7-15(10-14)22(23,24)25/h5-10H,4,11-12H2,1-3H3,(H,27,28). The molecule has 0 saturated carbocycles. The Morgan fingerprint density at radius 2 is 1.90 bits per heavy atom. The number of carbonyl (C=O) groups is 1. The van der Waals surface area contributed by atoms with Crippen LogP contribution >= 0.6 is 0 Å². The number of methoxy groups -OCH3 is 1. The van der Waals surface area contributed by atoms with Gasteiger partial charge in [0.15, 0.2) is 0 Å². The predicted molar refractivity (Wildman–Crippen MR) is 104 cm³/mol. The zero-order valence-corrected chi connectivity index (χ0v) is 16.4. The van der Waals surface area contributed by atoms with Crippen LogP contribution in [0.25, 0.3) is 10.9 Å². The second-order valence-electron chi connectivity index (χ2n) is 6.91. The van der Waals surface area contributed by atoms with E-state index in [4.69, 9.17) is 4.74 Å². The van der Waals surface area contributed by atoms with E-state index in [9.17, 15) is 23.1 Å². The van der Waals surface area contributed by atoms with Crippen LogP contribution in [0.15, 0.2) is 36.4 Å². The lowest BCUT2D eigenvalue weighted by molar-refractivity contribution is -0.138. The molecule has 154 valence electrons. The van der Waals surface area contributed by atoms with Gasteiger partial charge in [0, 0.05) is 28.7 Å². The molecular formula is C22H22F3NO3. The summed E-state index contributed by atoms with van der Waals surface area (Å²) in [6.07, 6.45) is -3.95. The van der Waals surface area contributed by atoms with Crippen molar-refractivity contribution in [1.82, 2.24) is 4.57 Å². The van der Waals surface area contributed by atoms with Crippen molar-refractivity contribution in [3.63, 3.8) is 0 Å². The third-order valence-corrected chi connectivity index (χ3v) is 5.18. The van der Waals surface area contributed by atoms with E-state index < -0.39 is 17.7 Å². The van der Waals surface area contributed by atoms with Gasteiger partial charge in [0.05, 0.1) is 19.1 Å². The van der Waals surface area contributed by atoms with Crippen LogP contribution in [0.2, 0.25) is 0 Å². The van der Waals surface area contributed by atoms with Gasteiger partial charge in [0.1, 0.15) is 5.75 Å². The van der Waals surface area contributed by atoms with Crippen molar-refractivity contribution in [2.45, 2.75) is 39.4 Å². The van der Waals surface area contributed by atoms with E-state index in [1.807, 2.05) is 23.6 Å². The molecule has 0 fully saturated rings. The Bertz CT molecular complexity index is 1070. The number of aromatic nitrogens is 1. The average Bonchev–Trinajstić information content (AvgIpc) is 2.92. The lowest BCUT2D eigenvalue weighted by Crippen LogP contribution is -2.08. The number of alkyl halides is 3. The van der Waals surface area contributed by atoms with Gasteiger partial charge in [0.25, 0.3) is 0 Å². The minimum absolute atomic E-state index is 0.169. The van der Waals surface area contributed by atoms with Gasteiger partial charge in [-0.2, -0.15) is 13.2 Å². The zero-order valence-electron chi connectivity index (χ0n) is 16.4. The Hall–Kier alpha value is -2.96. The molecule has 3 rings (SSSR count). The number of hydrogen-bond donors (Lipinski definition) is 1.